The van der Waals surface area contributed by atoms with Gasteiger partial charge in [-0.3, -0.25) is 4.79 Å². The van der Waals surface area contributed by atoms with Crippen molar-refractivity contribution in [1.82, 2.24) is 0 Å². The summed E-state index contributed by atoms with van der Waals surface area (Å²) in [6.45, 7) is 0. The van der Waals surface area contributed by atoms with E-state index in [2.05, 4.69) is 0 Å². The van der Waals surface area contributed by atoms with Crippen molar-refractivity contribution in [3.8, 4) is 11.5 Å². The maximum absolute atomic E-state index is 14.0. The molecule has 0 radical (unpaired) electrons. The maximum Gasteiger partial charge on any atom is 0.201 e. The fourth-order valence-electron chi connectivity index (χ4n) is 1.90. The van der Waals surface area contributed by atoms with Gasteiger partial charge in [-0.15, -0.1) is 0 Å². The topological polar surface area (TPSA) is 61.5 Å². The Hall–Kier alpha value is -2.56. The molecule has 0 aliphatic rings. The van der Waals surface area contributed by atoms with E-state index in [1.807, 2.05) is 0 Å². The van der Waals surface area contributed by atoms with Crippen LogP contribution in [0, 0.1) is 5.82 Å². The van der Waals surface area contributed by atoms with Gasteiger partial charge in [0.1, 0.15) is 17.3 Å². The monoisotopic (exact) mass is 275 g/mol. The number of nitrogen functional groups attached to an aromatic ring is 1. The first kappa shape index (κ1) is 13.9. The van der Waals surface area contributed by atoms with Crippen LogP contribution in [-0.4, -0.2) is 20.0 Å². The summed E-state index contributed by atoms with van der Waals surface area (Å²) in [6, 6.07) is 8.86. The van der Waals surface area contributed by atoms with E-state index in [1.54, 1.807) is 18.2 Å². The van der Waals surface area contributed by atoms with E-state index in [-0.39, 0.29) is 16.8 Å². The summed E-state index contributed by atoms with van der Waals surface area (Å²) >= 11 is 0. The first-order valence-electron chi connectivity index (χ1n) is 5.89. The van der Waals surface area contributed by atoms with Crippen molar-refractivity contribution in [2.45, 2.75) is 0 Å². The quantitative estimate of drug-likeness (QED) is 0.688. The second-order valence-electron chi connectivity index (χ2n) is 4.10. The number of carbonyl (C=O) groups excluding carboxylic acids is 1. The Morgan fingerprint density at radius 3 is 2.50 bits per heavy atom. The van der Waals surface area contributed by atoms with Crippen molar-refractivity contribution < 1.29 is 18.7 Å². The number of rotatable bonds is 4. The molecule has 0 atom stereocenters. The largest absolute Gasteiger partial charge is 0.497 e. The summed E-state index contributed by atoms with van der Waals surface area (Å²) in [5.41, 5.74) is 6.10. The van der Waals surface area contributed by atoms with Crippen LogP contribution in [0.15, 0.2) is 36.4 Å². The zero-order chi connectivity index (χ0) is 14.7. The van der Waals surface area contributed by atoms with E-state index < -0.39 is 11.6 Å². The van der Waals surface area contributed by atoms with E-state index in [0.717, 1.165) is 6.07 Å². The van der Waals surface area contributed by atoms with Crippen molar-refractivity contribution in [3.63, 3.8) is 0 Å². The number of benzene rings is 2. The summed E-state index contributed by atoms with van der Waals surface area (Å²) in [4.78, 5) is 12.4. The molecule has 2 N–H and O–H groups in total. The van der Waals surface area contributed by atoms with Gasteiger partial charge in [0.2, 0.25) is 5.78 Å². The van der Waals surface area contributed by atoms with Crippen molar-refractivity contribution in [3.05, 3.63) is 53.3 Å². The van der Waals surface area contributed by atoms with Gasteiger partial charge in [0.15, 0.2) is 0 Å². The minimum Gasteiger partial charge on any atom is -0.497 e. The van der Waals surface area contributed by atoms with Crippen LogP contribution in [0.3, 0.4) is 0 Å². The molecule has 2 aromatic rings. The Morgan fingerprint density at radius 1 is 1.15 bits per heavy atom. The molecule has 0 aromatic heterocycles. The van der Waals surface area contributed by atoms with Crippen LogP contribution in [0.25, 0.3) is 0 Å². The number of halogens is 1. The summed E-state index contributed by atoms with van der Waals surface area (Å²) in [6.07, 6.45) is 0. The number of carbonyl (C=O) groups is 1. The molecule has 0 bridgehead atoms. The van der Waals surface area contributed by atoms with E-state index in [4.69, 9.17) is 15.2 Å². The fraction of sp³-hybridized carbons (Fsp3) is 0.133. The van der Waals surface area contributed by atoms with Crippen LogP contribution in [0.1, 0.15) is 15.9 Å². The molecule has 20 heavy (non-hydrogen) atoms. The molecule has 0 saturated carbocycles. The number of anilines is 1. The van der Waals surface area contributed by atoms with Crippen LogP contribution < -0.4 is 15.2 Å². The number of hydrogen-bond acceptors (Lipinski definition) is 4. The molecule has 0 unspecified atom stereocenters. The molecule has 0 fully saturated rings. The predicted octanol–water partition coefficient (Wildman–Crippen LogP) is 2.66. The van der Waals surface area contributed by atoms with E-state index in [9.17, 15) is 9.18 Å². The Bertz CT molecular complexity index is 656. The highest BCUT2D eigenvalue weighted by Crippen LogP contribution is 2.28. The Balaban J connectivity index is 2.52. The highest BCUT2D eigenvalue weighted by Gasteiger charge is 2.20. The molecule has 2 rings (SSSR count). The smallest absolute Gasteiger partial charge is 0.201 e. The van der Waals surface area contributed by atoms with Crippen molar-refractivity contribution >= 4 is 11.5 Å². The first-order valence-corrected chi connectivity index (χ1v) is 5.89. The third-order valence-corrected chi connectivity index (χ3v) is 2.93. The maximum atomic E-state index is 14.0. The number of ketones is 1. The number of nitrogens with two attached hydrogens (primary N) is 1. The van der Waals surface area contributed by atoms with Gasteiger partial charge < -0.3 is 15.2 Å². The van der Waals surface area contributed by atoms with Gasteiger partial charge >= 0.3 is 0 Å². The lowest BCUT2D eigenvalue weighted by Gasteiger charge is -2.11. The lowest BCUT2D eigenvalue weighted by Crippen LogP contribution is -2.09. The summed E-state index contributed by atoms with van der Waals surface area (Å²) in [5, 5.41) is 0. The molecule has 0 saturated heterocycles. The molecule has 5 heteroatoms. The minimum absolute atomic E-state index is 0.0815. The first-order chi connectivity index (χ1) is 9.58. The van der Waals surface area contributed by atoms with Gasteiger partial charge in [-0.25, -0.2) is 4.39 Å². The SMILES string of the molecule is COc1ccc(C(=O)c2c(N)cccc2OC)c(F)c1. The number of methoxy groups -OCH3 is 2. The zero-order valence-corrected chi connectivity index (χ0v) is 11.1. The zero-order valence-electron chi connectivity index (χ0n) is 11.1. The second-order valence-corrected chi connectivity index (χ2v) is 4.10. The van der Waals surface area contributed by atoms with Gasteiger partial charge in [0, 0.05) is 11.8 Å². The summed E-state index contributed by atoms with van der Waals surface area (Å²) in [5.74, 6) is -0.544. The summed E-state index contributed by atoms with van der Waals surface area (Å²) < 4.78 is 24.0. The van der Waals surface area contributed by atoms with Crippen molar-refractivity contribution in [2.75, 3.05) is 20.0 Å². The standard InChI is InChI=1S/C15H14FNO3/c1-19-9-6-7-10(11(16)8-9)15(18)14-12(17)4-3-5-13(14)20-2/h3-8H,17H2,1-2H3. The second kappa shape index (κ2) is 5.61. The Morgan fingerprint density at radius 2 is 1.90 bits per heavy atom. The Kier molecular flexibility index (Phi) is 3.89. The molecule has 4 nitrogen and oxygen atoms in total. The van der Waals surface area contributed by atoms with Crippen LogP contribution in [0.5, 0.6) is 11.5 Å². The molecular formula is C15H14FNO3. The van der Waals surface area contributed by atoms with Gasteiger partial charge in [-0.2, -0.15) is 0 Å². The average Bonchev–Trinajstić information content (AvgIpc) is 2.46. The van der Waals surface area contributed by atoms with Crippen LogP contribution in [-0.2, 0) is 0 Å². The molecule has 0 heterocycles. The minimum atomic E-state index is -0.667. The third kappa shape index (κ3) is 2.42. The third-order valence-electron chi connectivity index (χ3n) is 2.93. The molecule has 2 aromatic carbocycles. The number of hydrogen-bond donors (Lipinski definition) is 1. The normalized spacial score (nSPS) is 10.2. The molecule has 0 aliphatic carbocycles. The van der Waals surface area contributed by atoms with Crippen LogP contribution >= 0.6 is 0 Å². The fourth-order valence-corrected chi connectivity index (χ4v) is 1.90. The molecular weight excluding hydrogens is 261 g/mol. The van der Waals surface area contributed by atoms with Gasteiger partial charge in [0.05, 0.1) is 25.3 Å². The lowest BCUT2D eigenvalue weighted by molar-refractivity contribution is 0.103. The molecule has 0 amide bonds. The molecule has 0 aliphatic heterocycles. The van der Waals surface area contributed by atoms with Crippen LogP contribution in [0.4, 0.5) is 10.1 Å². The van der Waals surface area contributed by atoms with E-state index in [1.165, 1.54) is 26.4 Å². The Labute approximate surface area is 115 Å². The lowest BCUT2D eigenvalue weighted by atomic mass is 10.00. The van der Waals surface area contributed by atoms with Gasteiger partial charge in [0.25, 0.3) is 0 Å². The van der Waals surface area contributed by atoms with Gasteiger partial charge in [-0.05, 0) is 24.3 Å². The van der Waals surface area contributed by atoms with Gasteiger partial charge in [-0.1, -0.05) is 6.07 Å². The number of ether oxygens (including phenoxy) is 2. The predicted molar refractivity (Wildman–Crippen MR) is 73.8 cm³/mol. The van der Waals surface area contributed by atoms with E-state index in [0.29, 0.717) is 11.5 Å². The highest BCUT2D eigenvalue weighted by molar-refractivity contribution is 6.14. The average molecular weight is 275 g/mol. The van der Waals surface area contributed by atoms with Crippen molar-refractivity contribution in [2.24, 2.45) is 0 Å². The van der Waals surface area contributed by atoms with Crippen LogP contribution in [0.2, 0.25) is 0 Å². The highest BCUT2D eigenvalue weighted by atomic mass is 19.1. The molecule has 104 valence electrons. The molecule has 0 spiro atoms. The van der Waals surface area contributed by atoms with Crippen molar-refractivity contribution in [1.29, 1.82) is 0 Å². The summed E-state index contributed by atoms with van der Waals surface area (Å²) in [7, 11) is 2.85. The van der Waals surface area contributed by atoms with E-state index >= 15 is 0 Å².